The highest BCUT2D eigenvalue weighted by Crippen LogP contribution is 2.24. The Kier molecular flexibility index (Phi) is 5.26. The number of hydrogen-bond donors (Lipinski definition) is 1. The molecule has 3 atom stereocenters. The van der Waals surface area contributed by atoms with Crippen LogP contribution in [0.3, 0.4) is 0 Å². The third kappa shape index (κ3) is 3.94. The smallest absolute Gasteiger partial charge is 0.0620 e. The molecule has 3 heteroatoms. The molecule has 1 N–H and O–H groups in total. The molecule has 0 amide bonds. The zero-order chi connectivity index (χ0) is 12.1. The molecule has 2 aliphatic rings. The summed E-state index contributed by atoms with van der Waals surface area (Å²) >= 11 is 0. The molecule has 17 heavy (non-hydrogen) atoms. The Morgan fingerprint density at radius 2 is 2.35 bits per heavy atom. The maximum Gasteiger partial charge on any atom is 0.0620 e. The van der Waals surface area contributed by atoms with E-state index in [0.717, 1.165) is 25.7 Å². The predicted molar refractivity (Wildman–Crippen MR) is 71.3 cm³/mol. The number of rotatable bonds is 5. The van der Waals surface area contributed by atoms with Gasteiger partial charge in [-0.25, -0.2) is 0 Å². The van der Waals surface area contributed by atoms with Crippen molar-refractivity contribution in [1.29, 1.82) is 0 Å². The molecule has 2 fully saturated rings. The lowest BCUT2D eigenvalue weighted by Gasteiger charge is -2.31. The summed E-state index contributed by atoms with van der Waals surface area (Å²) in [4.78, 5) is 2.68. The molecule has 0 radical (unpaired) electrons. The first-order valence-electron chi connectivity index (χ1n) is 7.34. The zero-order valence-electron chi connectivity index (χ0n) is 11.5. The van der Waals surface area contributed by atoms with Crippen LogP contribution in [0.2, 0.25) is 0 Å². The average molecular weight is 240 g/mol. The molecule has 0 aromatic rings. The van der Waals surface area contributed by atoms with Crippen molar-refractivity contribution < 1.29 is 4.74 Å². The van der Waals surface area contributed by atoms with E-state index in [9.17, 15) is 0 Å². The average Bonchev–Trinajstić information content (AvgIpc) is 2.79. The van der Waals surface area contributed by atoms with Gasteiger partial charge < -0.3 is 15.0 Å². The molecule has 3 unspecified atom stereocenters. The Morgan fingerprint density at radius 1 is 1.47 bits per heavy atom. The second-order valence-corrected chi connectivity index (χ2v) is 5.75. The van der Waals surface area contributed by atoms with Crippen LogP contribution in [0.25, 0.3) is 0 Å². The molecule has 0 spiro atoms. The van der Waals surface area contributed by atoms with E-state index in [4.69, 9.17) is 4.74 Å². The molecular formula is C14H28N2O. The molecule has 0 bridgehead atoms. The van der Waals surface area contributed by atoms with E-state index in [1.807, 2.05) is 0 Å². The summed E-state index contributed by atoms with van der Waals surface area (Å²) in [6.07, 6.45) is 5.39. The minimum absolute atomic E-state index is 0.573. The molecule has 0 saturated carbocycles. The van der Waals surface area contributed by atoms with E-state index < -0.39 is 0 Å². The normalized spacial score (nSPS) is 32.8. The van der Waals surface area contributed by atoms with Crippen LogP contribution < -0.4 is 5.32 Å². The van der Waals surface area contributed by atoms with Crippen molar-refractivity contribution in [2.75, 3.05) is 32.8 Å². The molecule has 0 aromatic carbocycles. The summed E-state index contributed by atoms with van der Waals surface area (Å²) in [6.45, 7) is 10.1. The van der Waals surface area contributed by atoms with Gasteiger partial charge in [0.2, 0.25) is 0 Å². The lowest BCUT2D eigenvalue weighted by molar-refractivity contribution is 0.0639. The molecule has 2 rings (SSSR count). The lowest BCUT2D eigenvalue weighted by Crippen LogP contribution is -2.45. The topological polar surface area (TPSA) is 24.5 Å². The van der Waals surface area contributed by atoms with Crippen molar-refractivity contribution in [2.24, 2.45) is 5.92 Å². The van der Waals surface area contributed by atoms with Crippen LogP contribution in [0.15, 0.2) is 0 Å². The number of nitrogens with one attached hydrogen (secondary N) is 1. The minimum Gasteiger partial charge on any atom is -0.379 e. The van der Waals surface area contributed by atoms with Gasteiger partial charge in [-0.1, -0.05) is 13.3 Å². The monoisotopic (exact) mass is 240 g/mol. The van der Waals surface area contributed by atoms with Crippen LogP contribution in [0.4, 0.5) is 0 Å². The fourth-order valence-electron chi connectivity index (χ4n) is 3.24. The van der Waals surface area contributed by atoms with Gasteiger partial charge in [-0.05, 0) is 38.6 Å². The van der Waals surface area contributed by atoms with Crippen LogP contribution in [0, 0.1) is 5.92 Å². The zero-order valence-corrected chi connectivity index (χ0v) is 11.5. The number of nitrogens with zero attached hydrogens (tertiary/aromatic N) is 1. The molecule has 2 aliphatic heterocycles. The molecule has 0 aliphatic carbocycles. The Hall–Kier alpha value is -0.120. The number of morpholine rings is 1. The predicted octanol–water partition coefficient (Wildman–Crippen LogP) is 1.88. The van der Waals surface area contributed by atoms with Gasteiger partial charge in [0.1, 0.15) is 0 Å². The van der Waals surface area contributed by atoms with Crippen LogP contribution >= 0.6 is 0 Å². The van der Waals surface area contributed by atoms with Gasteiger partial charge in [0, 0.05) is 25.2 Å². The summed E-state index contributed by atoms with van der Waals surface area (Å²) in [6, 6.07) is 1.28. The van der Waals surface area contributed by atoms with E-state index >= 15 is 0 Å². The van der Waals surface area contributed by atoms with E-state index in [1.54, 1.807) is 0 Å². The first-order valence-corrected chi connectivity index (χ1v) is 7.34. The molecular weight excluding hydrogens is 212 g/mol. The standard InChI is InChI=1S/C14H28N2O/c1-3-4-13-5-7-16(10-13)12(2)9-14-11-17-8-6-15-14/h12-15H,3-11H2,1-2H3. The van der Waals surface area contributed by atoms with Crippen molar-refractivity contribution in [2.45, 2.75) is 51.6 Å². The molecule has 2 saturated heterocycles. The highest BCUT2D eigenvalue weighted by molar-refractivity contribution is 4.83. The summed E-state index contributed by atoms with van der Waals surface area (Å²) in [5, 5.41) is 3.56. The van der Waals surface area contributed by atoms with Crippen molar-refractivity contribution in [1.82, 2.24) is 10.2 Å². The van der Waals surface area contributed by atoms with Gasteiger partial charge in [0.05, 0.1) is 13.2 Å². The van der Waals surface area contributed by atoms with Crippen molar-refractivity contribution >= 4 is 0 Å². The van der Waals surface area contributed by atoms with Gasteiger partial charge in [-0.2, -0.15) is 0 Å². The van der Waals surface area contributed by atoms with Crippen LogP contribution in [-0.2, 0) is 4.74 Å². The molecule has 100 valence electrons. The van der Waals surface area contributed by atoms with E-state index in [2.05, 4.69) is 24.1 Å². The lowest BCUT2D eigenvalue weighted by atomic mass is 10.0. The molecule has 0 aromatic heterocycles. The third-order valence-electron chi connectivity index (χ3n) is 4.26. The highest BCUT2D eigenvalue weighted by Gasteiger charge is 2.27. The SMILES string of the molecule is CCCC1CCN(C(C)CC2COCCN2)C1. The second-order valence-electron chi connectivity index (χ2n) is 5.75. The highest BCUT2D eigenvalue weighted by atomic mass is 16.5. The number of ether oxygens (including phenoxy) is 1. The van der Waals surface area contributed by atoms with E-state index in [1.165, 1.54) is 38.8 Å². The quantitative estimate of drug-likeness (QED) is 0.794. The number of hydrogen-bond acceptors (Lipinski definition) is 3. The van der Waals surface area contributed by atoms with Crippen LogP contribution in [-0.4, -0.2) is 49.8 Å². The maximum atomic E-state index is 5.52. The van der Waals surface area contributed by atoms with Crippen molar-refractivity contribution in [3.8, 4) is 0 Å². The molecule has 3 nitrogen and oxygen atoms in total. The Labute approximate surface area is 106 Å². The van der Waals surface area contributed by atoms with Crippen LogP contribution in [0.1, 0.15) is 39.5 Å². The van der Waals surface area contributed by atoms with Gasteiger partial charge in [0.15, 0.2) is 0 Å². The summed E-state index contributed by atoms with van der Waals surface area (Å²) in [7, 11) is 0. The van der Waals surface area contributed by atoms with Gasteiger partial charge in [-0.15, -0.1) is 0 Å². The van der Waals surface area contributed by atoms with E-state index in [0.29, 0.717) is 12.1 Å². The summed E-state index contributed by atoms with van der Waals surface area (Å²) in [5.74, 6) is 0.956. The summed E-state index contributed by atoms with van der Waals surface area (Å²) in [5.41, 5.74) is 0. The third-order valence-corrected chi connectivity index (χ3v) is 4.26. The fraction of sp³-hybridized carbons (Fsp3) is 1.00. The number of likely N-dealkylation sites (tertiary alicyclic amines) is 1. The Balaban J connectivity index is 1.70. The minimum atomic E-state index is 0.573. The van der Waals surface area contributed by atoms with Crippen molar-refractivity contribution in [3.63, 3.8) is 0 Å². The largest absolute Gasteiger partial charge is 0.379 e. The van der Waals surface area contributed by atoms with Gasteiger partial charge in [-0.3, -0.25) is 0 Å². The molecule has 2 heterocycles. The van der Waals surface area contributed by atoms with Gasteiger partial charge in [0.25, 0.3) is 0 Å². The van der Waals surface area contributed by atoms with E-state index in [-0.39, 0.29) is 0 Å². The first kappa shape index (κ1) is 13.3. The van der Waals surface area contributed by atoms with Crippen LogP contribution in [0.5, 0.6) is 0 Å². The maximum absolute atomic E-state index is 5.52. The Bertz CT molecular complexity index is 216. The fourth-order valence-corrected chi connectivity index (χ4v) is 3.24. The van der Waals surface area contributed by atoms with Crippen molar-refractivity contribution in [3.05, 3.63) is 0 Å². The Morgan fingerprint density at radius 3 is 3.06 bits per heavy atom. The summed E-state index contributed by atoms with van der Waals surface area (Å²) < 4.78 is 5.52. The second kappa shape index (κ2) is 6.72. The van der Waals surface area contributed by atoms with Gasteiger partial charge >= 0.3 is 0 Å². The first-order chi connectivity index (χ1) is 8.29.